The van der Waals surface area contributed by atoms with E-state index in [4.69, 9.17) is 0 Å². The second-order valence-electron chi connectivity index (χ2n) is 4.78. The summed E-state index contributed by atoms with van der Waals surface area (Å²) in [6.07, 6.45) is 5.72. The van der Waals surface area contributed by atoms with Gasteiger partial charge in [0.15, 0.2) is 0 Å². The fourth-order valence-corrected chi connectivity index (χ4v) is 2.67. The normalized spacial score (nSPS) is 25.1. The van der Waals surface area contributed by atoms with Crippen LogP contribution >= 0.6 is 24.8 Å². The molecule has 2 fully saturated rings. The summed E-state index contributed by atoms with van der Waals surface area (Å²) in [5.74, 6) is 0. The van der Waals surface area contributed by atoms with E-state index in [2.05, 4.69) is 24.3 Å². The zero-order chi connectivity index (χ0) is 8.60. The molecule has 1 heterocycles. The molecule has 2 rings (SSSR count). The van der Waals surface area contributed by atoms with E-state index in [1.165, 1.54) is 38.8 Å². The first-order valence-corrected chi connectivity index (χ1v) is 5.09. The molecule has 0 aromatic carbocycles. The van der Waals surface area contributed by atoms with Crippen LogP contribution in [0.25, 0.3) is 0 Å². The number of rotatable bonds is 1. The van der Waals surface area contributed by atoms with E-state index in [9.17, 15) is 0 Å². The molecule has 1 aliphatic heterocycles. The van der Waals surface area contributed by atoms with Crippen LogP contribution in [0.2, 0.25) is 0 Å². The van der Waals surface area contributed by atoms with Gasteiger partial charge in [0.1, 0.15) is 0 Å². The van der Waals surface area contributed by atoms with Gasteiger partial charge >= 0.3 is 0 Å². The molecule has 2 aliphatic rings. The second kappa shape index (κ2) is 5.55. The first-order valence-electron chi connectivity index (χ1n) is 5.09. The maximum atomic E-state index is 3.44. The Morgan fingerprint density at radius 1 is 1.07 bits per heavy atom. The van der Waals surface area contributed by atoms with E-state index in [1.807, 2.05) is 0 Å². The highest BCUT2D eigenvalue weighted by atomic mass is 35.5. The van der Waals surface area contributed by atoms with Crippen LogP contribution < -0.4 is 5.32 Å². The molecule has 1 aliphatic carbocycles. The summed E-state index contributed by atoms with van der Waals surface area (Å²) in [5, 5.41) is 3.44. The molecule has 1 saturated heterocycles. The molecule has 86 valence electrons. The minimum Gasteiger partial charge on any atom is -0.317 e. The molecular formula is C10H22Cl2N2. The highest BCUT2D eigenvalue weighted by Gasteiger charge is 2.44. The molecular weight excluding hydrogens is 219 g/mol. The summed E-state index contributed by atoms with van der Waals surface area (Å²) >= 11 is 0. The Bertz CT molecular complexity index is 160. The first kappa shape index (κ1) is 14.5. The molecule has 0 atom stereocenters. The third kappa shape index (κ3) is 2.75. The lowest BCUT2D eigenvalue weighted by Gasteiger charge is -2.52. The fourth-order valence-electron chi connectivity index (χ4n) is 2.67. The van der Waals surface area contributed by atoms with Gasteiger partial charge < -0.3 is 10.2 Å². The molecule has 4 heteroatoms. The van der Waals surface area contributed by atoms with Gasteiger partial charge in [-0.15, -0.1) is 24.8 Å². The highest BCUT2D eigenvalue weighted by molar-refractivity contribution is 5.85. The Balaban J connectivity index is 0.000000845. The lowest BCUT2D eigenvalue weighted by Crippen LogP contribution is -2.52. The molecule has 2 nitrogen and oxygen atoms in total. The topological polar surface area (TPSA) is 15.3 Å². The van der Waals surface area contributed by atoms with E-state index in [0.29, 0.717) is 0 Å². The minimum atomic E-state index is 0. The summed E-state index contributed by atoms with van der Waals surface area (Å²) < 4.78 is 0. The van der Waals surface area contributed by atoms with Crippen LogP contribution in [0.1, 0.15) is 25.7 Å². The van der Waals surface area contributed by atoms with Crippen molar-refractivity contribution in [2.75, 3.05) is 27.2 Å². The van der Waals surface area contributed by atoms with Crippen LogP contribution in [-0.4, -0.2) is 38.1 Å². The van der Waals surface area contributed by atoms with E-state index >= 15 is 0 Å². The van der Waals surface area contributed by atoms with Crippen LogP contribution in [0.15, 0.2) is 0 Å². The average molecular weight is 241 g/mol. The van der Waals surface area contributed by atoms with Gasteiger partial charge in [0.25, 0.3) is 0 Å². The van der Waals surface area contributed by atoms with Crippen molar-refractivity contribution in [3.63, 3.8) is 0 Å². The van der Waals surface area contributed by atoms with Crippen LogP contribution in [-0.2, 0) is 0 Å². The largest absolute Gasteiger partial charge is 0.317 e. The van der Waals surface area contributed by atoms with Crippen molar-refractivity contribution < 1.29 is 0 Å². The van der Waals surface area contributed by atoms with Gasteiger partial charge in [-0.1, -0.05) is 0 Å². The van der Waals surface area contributed by atoms with Crippen molar-refractivity contribution in [2.45, 2.75) is 31.7 Å². The molecule has 1 saturated carbocycles. The SMILES string of the molecule is CN(C)C1CC2(CCNCC2)C1.Cl.Cl. The molecule has 0 aromatic rings. The Hall–Kier alpha value is 0.500. The zero-order valence-corrected chi connectivity index (χ0v) is 10.7. The zero-order valence-electron chi connectivity index (χ0n) is 9.08. The summed E-state index contributed by atoms with van der Waals surface area (Å²) in [4.78, 5) is 2.38. The van der Waals surface area contributed by atoms with Crippen molar-refractivity contribution in [1.82, 2.24) is 10.2 Å². The number of nitrogens with zero attached hydrogens (tertiary/aromatic N) is 1. The first-order chi connectivity index (χ1) is 5.72. The van der Waals surface area contributed by atoms with Gasteiger partial charge in [0.05, 0.1) is 0 Å². The third-order valence-electron chi connectivity index (χ3n) is 3.73. The minimum absolute atomic E-state index is 0. The third-order valence-corrected chi connectivity index (χ3v) is 3.73. The molecule has 0 radical (unpaired) electrons. The number of nitrogens with one attached hydrogen (secondary N) is 1. The maximum absolute atomic E-state index is 3.44. The van der Waals surface area contributed by atoms with E-state index < -0.39 is 0 Å². The molecule has 1 N–H and O–H groups in total. The monoisotopic (exact) mass is 240 g/mol. The Labute approximate surface area is 99.6 Å². The van der Waals surface area contributed by atoms with Gasteiger partial charge in [-0.3, -0.25) is 0 Å². The van der Waals surface area contributed by atoms with Crippen molar-refractivity contribution in [3.05, 3.63) is 0 Å². The predicted octanol–water partition coefficient (Wildman–Crippen LogP) is 1.92. The number of hydrogen-bond acceptors (Lipinski definition) is 2. The quantitative estimate of drug-likeness (QED) is 0.754. The summed E-state index contributed by atoms with van der Waals surface area (Å²) in [5.41, 5.74) is 0.750. The van der Waals surface area contributed by atoms with Crippen LogP contribution in [0.3, 0.4) is 0 Å². The maximum Gasteiger partial charge on any atom is 0.00997 e. The Kier molecular flexibility index (Phi) is 5.75. The van der Waals surface area contributed by atoms with E-state index in [1.54, 1.807) is 0 Å². The van der Waals surface area contributed by atoms with Crippen molar-refractivity contribution >= 4 is 24.8 Å². The molecule has 0 aromatic heterocycles. The Morgan fingerprint density at radius 2 is 1.57 bits per heavy atom. The summed E-state index contributed by atoms with van der Waals surface area (Å²) in [6, 6.07) is 0.878. The molecule has 14 heavy (non-hydrogen) atoms. The molecule has 0 amide bonds. The van der Waals surface area contributed by atoms with Gasteiger partial charge in [0.2, 0.25) is 0 Å². The van der Waals surface area contributed by atoms with Gasteiger partial charge in [-0.05, 0) is 58.3 Å². The van der Waals surface area contributed by atoms with Crippen LogP contribution in [0.4, 0.5) is 0 Å². The summed E-state index contributed by atoms with van der Waals surface area (Å²) in [6.45, 7) is 2.50. The van der Waals surface area contributed by atoms with E-state index in [0.717, 1.165) is 11.5 Å². The lowest BCUT2D eigenvalue weighted by molar-refractivity contribution is 0.0000476. The predicted molar refractivity (Wildman–Crippen MR) is 65.7 cm³/mol. The van der Waals surface area contributed by atoms with Gasteiger partial charge in [-0.2, -0.15) is 0 Å². The second-order valence-corrected chi connectivity index (χ2v) is 4.78. The molecule has 0 unspecified atom stereocenters. The van der Waals surface area contributed by atoms with Crippen molar-refractivity contribution in [2.24, 2.45) is 5.41 Å². The van der Waals surface area contributed by atoms with Gasteiger partial charge in [-0.25, -0.2) is 0 Å². The summed E-state index contributed by atoms with van der Waals surface area (Å²) in [7, 11) is 4.41. The van der Waals surface area contributed by atoms with Crippen LogP contribution in [0, 0.1) is 5.41 Å². The highest BCUT2D eigenvalue weighted by Crippen LogP contribution is 2.49. The number of piperidine rings is 1. The molecule has 0 bridgehead atoms. The average Bonchev–Trinajstić information content (AvgIpc) is 2.01. The number of halogens is 2. The molecule has 1 spiro atoms. The standard InChI is InChI=1S/C10H20N2.2ClH/c1-12(2)9-7-10(8-9)3-5-11-6-4-10;;/h9,11H,3-8H2,1-2H3;2*1H. The lowest BCUT2D eigenvalue weighted by atomic mass is 9.60. The van der Waals surface area contributed by atoms with Gasteiger partial charge in [0, 0.05) is 6.04 Å². The Morgan fingerprint density at radius 3 is 2.00 bits per heavy atom. The van der Waals surface area contributed by atoms with Crippen molar-refractivity contribution in [3.8, 4) is 0 Å². The van der Waals surface area contributed by atoms with Crippen LogP contribution in [0.5, 0.6) is 0 Å². The smallest absolute Gasteiger partial charge is 0.00997 e. The van der Waals surface area contributed by atoms with E-state index in [-0.39, 0.29) is 24.8 Å². The van der Waals surface area contributed by atoms with Crippen molar-refractivity contribution in [1.29, 1.82) is 0 Å². The fraction of sp³-hybridized carbons (Fsp3) is 1.00. The number of hydrogen-bond donors (Lipinski definition) is 1.